The molecule has 256 valence electrons. The molecule has 1 atom stereocenters. The van der Waals surface area contributed by atoms with Gasteiger partial charge in [-0.1, -0.05) is 27.7 Å². The van der Waals surface area contributed by atoms with Gasteiger partial charge in [-0.3, -0.25) is 4.79 Å². The summed E-state index contributed by atoms with van der Waals surface area (Å²) < 4.78 is 60.2. The van der Waals surface area contributed by atoms with E-state index in [-0.39, 0.29) is 47.3 Å². The number of aromatic nitrogens is 2. The zero-order valence-electron chi connectivity index (χ0n) is 27.6. The van der Waals surface area contributed by atoms with Crippen LogP contribution in [0, 0.1) is 17.8 Å². The number of nitrogens with two attached hydrogens (primary N) is 1. The Balaban J connectivity index is 1.97. The fourth-order valence-corrected chi connectivity index (χ4v) is 6.83. The molecule has 1 fully saturated rings. The number of rotatable bonds is 9. The number of primary amides is 1. The number of imidazole rings is 1. The van der Waals surface area contributed by atoms with Gasteiger partial charge in [0.25, 0.3) is 5.91 Å². The van der Waals surface area contributed by atoms with Crippen LogP contribution in [0.3, 0.4) is 0 Å². The van der Waals surface area contributed by atoms with Crippen molar-refractivity contribution in [1.82, 2.24) is 9.55 Å². The van der Waals surface area contributed by atoms with Crippen LogP contribution in [-0.2, 0) is 19.0 Å². The second-order valence-electron chi connectivity index (χ2n) is 13.2. The molecule has 47 heavy (non-hydrogen) atoms. The Kier molecular flexibility index (Phi) is 10.0. The molecule has 1 aliphatic carbocycles. The average Bonchev–Trinajstić information content (AvgIpc) is 3.27. The topological polar surface area (TPSA) is 135 Å². The molecule has 0 aliphatic heterocycles. The van der Waals surface area contributed by atoms with E-state index in [2.05, 4.69) is 32.4 Å². The Hall–Kier alpha value is -4.49. The van der Waals surface area contributed by atoms with E-state index in [1.165, 1.54) is 17.0 Å². The van der Waals surface area contributed by atoms with E-state index in [0.717, 1.165) is 31.4 Å². The number of nitrogens with zero attached hydrogens (tertiary/aromatic N) is 3. The smallest absolute Gasteiger partial charge is 0.449 e. The lowest BCUT2D eigenvalue weighted by atomic mass is 9.63. The van der Waals surface area contributed by atoms with Gasteiger partial charge in [0.05, 0.1) is 29.9 Å². The zero-order valence-corrected chi connectivity index (χ0v) is 27.6. The Morgan fingerprint density at radius 1 is 1.02 bits per heavy atom. The van der Waals surface area contributed by atoms with Gasteiger partial charge in [-0.05, 0) is 92.8 Å². The number of aryl methyl sites for hydroxylation is 1. The molecule has 2 aromatic carbocycles. The molecule has 0 radical (unpaired) electrons. The summed E-state index contributed by atoms with van der Waals surface area (Å²) in [5, 5.41) is 0. The first-order valence-electron chi connectivity index (χ1n) is 15.3. The Bertz CT molecular complexity index is 1620. The molecule has 3 aromatic rings. The molecule has 1 saturated carbocycles. The maximum Gasteiger partial charge on any atom is 0.573 e. The molecule has 2 N–H and O–H groups in total. The normalized spacial score (nSPS) is 16.7. The van der Waals surface area contributed by atoms with Crippen LogP contribution in [0.1, 0.15) is 84.1 Å². The number of anilines is 2. The molecular formula is C33H41F3N4O7. The first-order valence-corrected chi connectivity index (χ1v) is 15.3. The Morgan fingerprint density at radius 3 is 2.15 bits per heavy atom. The van der Waals surface area contributed by atoms with Crippen molar-refractivity contribution in [3.8, 4) is 5.75 Å². The molecule has 2 amide bonds. The third-order valence-electron chi connectivity index (χ3n) is 7.95. The maximum atomic E-state index is 13.6. The van der Waals surface area contributed by atoms with Crippen molar-refractivity contribution >= 4 is 40.8 Å². The van der Waals surface area contributed by atoms with Crippen LogP contribution in [-0.4, -0.2) is 47.3 Å². The molecule has 1 aliphatic rings. The molecule has 0 spiro atoms. The van der Waals surface area contributed by atoms with Crippen LogP contribution < -0.4 is 15.4 Å². The van der Waals surface area contributed by atoms with Gasteiger partial charge >= 0.3 is 18.6 Å². The molecule has 11 nitrogen and oxygen atoms in total. The van der Waals surface area contributed by atoms with Crippen LogP contribution >= 0.6 is 0 Å². The lowest BCUT2D eigenvalue weighted by Crippen LogP contribution is -2.37. The summed E-state index contributed by atoms with van der Waals surface area (Å²) in [7, 11) is 0. The number of hydrogen-bond acceptors (Lipinski definition) is 8. The molecule has 1 unspecified atom stereocenters. The van der Waals surface area contributed by atoms with Gasteiger partial charge in [-0.25, -0.2) is 19.5 Å². The highest BCUT2D eigenvalue weighted by molar-refractivity contribution is 5.97. The number of amides is 2. The fraction of sp³-hybridized carbons (Fsp3) is 0.515. The molecule has 4 rings (SSSR count). The molecular weight excluding hydrogens is 621 g/mol. The maximum absolute atomic E-state index is 13.6. The SMILES string of the molecule is CCOC(=O)OC(C(N)=O)c1cc2nc(N(C(=O)OCC)c3ccc(OC(F)(F)F)cc3)n(C3CC(C)(C)CC(C)(C)C3)c2cc1C. The van der Waals surface area contributed by atoms with E-state index in [0.29, 0.717) is 16.6 Å². The third kappa shape index (κ3) is 8.27. The standard InChI is InChI=1S/C33H41F3N4O7/c1-8-44-29(42)40(20-10-12-22(13-11-20)47-33(34,35)36)28-38-24-15-23(26(27(37)41)46-30(43)45-9-2)19(3)14-25(24)39(28)21-16-31(4,5)18-32(6,7)17-21/h10-15,21,26H,8-9,16-18H2,1-7H3,(H2,37,41). The number of fused-ring (bicyclic) bond motifs is 1. The highest BCUT2D eigenvalue weighted by Gasteiger charge is 2.42. The molecule has 1 aromatic heterocycles. The second kappa shape index (κ2) is 13.3. The number of halogens is 3. The van der Waals surface area contributed by atoms with Gasteiger partial charge in [-0.2, -0.15) is 0 Å². The van der Waals surface area contributed by atoms with Gasteiger partial charge < -0.3 is 29.2 Å². The summed E-state index contributed by atoms with van der Waals surface area (Å²) in [6.07, 6.45) is -5.86. The first-order chi connectivity index (χ1) is 21.8. The van der Waals surface area contributed by atoms with Gasteiger partial charge in [0, 0.05) is 11.6 Å². The number of benzene rings is 2. The Labute approximate surface area is 271 Å². The van der Waals surface area contributed by atoms with E-state index in [4.69, 9.17) is 24.9 Å². The van der Waals surface area contributed by atoms with E-state index in [9.17, 15) is 27.6 Å². The molecule has 0 bridgehead atoms. The molecule has 0 saturated heterocycles. The van der Waals surface area contributed by atoms with Crippen LogP contribution in [0.5, 0.6) is 5.75 Å². The lowest BCUT2D eigenvalue weighted by molar-refractivity contribution is -0.274. The lowest BCUT2D eigenvalue weighted by Gasteiger charge is -2.46. The average molecular weight is 663 g/mol. The van der Waals surface area contributed by atoms with E-state index < -0.39 is 36.4 Å². The van der Waals surface area contributed by atoms with Crippen LogP contribution in [0.2, 0.25) is 0 Å². The van der Waals surface area contributed by atoms with Crippen molar-refractivity contribution in [1.29, 1.82) is 0 Å². The number of carbonyl (C=O) groups is 3. The van der Waals surface area contributed by atoms with Crippen molar-refractivity contribution in [3.63, 3.8) is 0 Å². The van der Waals surface area contributed by atoms with Crippen molar-refractivity contribution < 1.29 is 46.5 Å². The van der Waals surface area contributed by atoms with Crippen LogP contribution in [0.25, 0.3) is 11.0 Å². The van der Waals surface area contributed by atoms with Crippen LogP contribution in [0.4, 0.5) is 34.4 Å². The predicted octanol–water partition coefficient (Wildman–Crippen LogP) is 8.01. The Morgan fingerprint density at radius 2 is 1.62 bits per heavy atom. The third-order valence-corrected chi connectivity index (χ3v) is 7.95. The minimum absolute atomic E-state index is 0.0169. The quantitative estimate of drug-likeness (QED) is 0.228. The summed E-state index contributed by atoms with van der Waals surface area (Å²) >= 11 is 0. The first kappa shape index (κ1) is 35.4. The number of hydrogen-bond donors (Lipinski definition) is 1. The number of ether oxygens (including phenoxy) is 4. The van der Waals surface area contributed by atoms with Gasteiger partial charge in [0.2, 0.25) is 12.1 Å². The van der Waals surface area contributed by atoms with Gasteiger partial charge in [0.15, 0.2) is 0 Å². The highest BCUT2D eigenvalue weighted by Crippen LogP contribution is 2.52. The van der Waals surface area contributed by atoms with Crippen LogP contribution in [0.15, 0.2) is 36.4 Å². The van der Waals surface area contributed by atoms with Crippen molar-refractivity contribution in [2.45, 2.75) is 86.2 Å². The summed E-state index contributed by atoms with van der Waals surface area (Å²) in [6.45, 7) is 13.7. The summed E-state index contributed by atoms with van der Waals surface area (Å²) in [5.41, 5.74) is 7.44. The summed E-state index contributed by atoms with van der Waals surface area (Å²) in [5.74, 6) is -1.24. The van der Waals surface area contributed by atoms with E-state index in [1.54, 1.807) is 32.9 Å². The highest BCUT2D eigenvalue weighted by atomic mass is 19.4. The van der Waals surface area contributed by atoms with E-state index in [1.807, 2.05) is 4.57 Å². The van der Waals surface area contributed by atoms with Gasteiger partial charge in [0.1, 0.15) is 5.75 Å². The zero-order chi connectivity index (χ0) is 34.9. The molecule has 1 heterocycles. The van der Waals surface area contributed by atoms with Gasteiger partial charge in [-0.15, -0.1) is 13.2 Å². The second-order valence-corrected chi connectivity index (χ2v) is 13.2. The van der Waals surface area contributed by atoms with Crippen molar-refractivity contribution in [2.75, 3.05) is 18.1 Å². The summed E-state index contributed by atoms with van der Waals surface area (Å²) in [6, 6.07) is 7.99. The minimum Gasteiger partial charge on any atom is -0.449 e. The minimum atomic E-state index is -4.90. The van der Waals surface area contributed by atoms with Crippen molar-refractivity contribution in [3.05, 3.63) is 47.5 Å². The molecule has 14 heteroatoms. The summed E-state index contributed by atoms with van der Waals surface area (Å²) in [4.78, 5) is 44.3. The van der Waals surface area contributed by atoms with Crippen molar-refractivity contribution in [2.24, 2.45) is 16.6 Å². The fourth-order valence-electron chi connectivity index (χ4n) is 6.83. The largest absolute Gasteiger partial charge is 0.573 e. The number of carbonyl (C=O) groups excluding carboxylic acids is 3. The monoisotopic (exact) mass is 662 g/mol. The predicted molar refractivity (Wildman–Crippen MR) is 167 cm³/mol. The van der Waals surface area contributed by atoms with E-state index >= 15 is 0 Å². The number of alkyl halides is 3.